The van der Waals surface area contributed by atoms with E-state index < -0.39 is 33.9 Å². The summed E-state index contributed by atoms with van der Waals surface area (Å²) in [6, 6.07) is 3.85. The molecule has 0 spiro atoms. The summed E-state index contributed by atoms with van der Waals surface area (Å²) in [4.78, 5) is -1.75. The third kappa shape index (κ3) is 3.03. The normalized spacial score (nSPS) is 20.6. The van der Waals surface area contributed by atoms with Gasteiger partial charge in [-0.25, -0.2) is 0 Å². The topological polar surface area (TPSA) is 9.23 Å². The Bertz CT molecular complexity index is 625. The van der Waals surface area contributed by atoms with Crippen molar-refractivity contribution >= 4 is 11.8 Å². The Balaban J connectivity index is 2.87. The summed E-state index contributed by atoms with van der Waals surface area (Å²) in [5.41, 5.74) is -5.46. The average molecular weight is 372 g/mol. The predicted octanol–water partition coefficient (Wildman–Crippen LogP) is 6.16. The van der Waals surface area contributed by atoms with Crippen LogP contribution >= 0.6 is 11.8 Å². The minimum absolute atomic E-state index is 0.0751. The third-order valence-electron chi connectivity index (χ3n) is 3.78. The average Bonchev–Trinajstić information content (AvgIpc) is 2.31. The molecule has 1 aromatic rings. The quantitative estimate of drug-likeness (QED) is 0.504. The Labute approximate surface area is 140 Å². The van der Waals surface area contributed by atoms with Crippen LogP contribution in [0, 0.1) is 0 Å². The predicted molar refractivity (Wildman–Crippen MR) is 80.0 cm³/mol. The van der Waals surface area contributed by atoms with E-state index in [-0.39, 0.29) is 4.90 Å². The van der Waals surface area contributed by atoms with E-state index >= 15 is 0 Å². The van der Waals surface area contributed by atoms with Crippen molar-refractivity contribution in [3.05, 3.63) is 29.3 Å². The molecule has 2 rings (SSSR count). The van der Waals surface area contributed by atoms with Crippen molar-refractivity contribution in [1.82, 2.24) is 0 Å². The largest absolute Gasteiger partial charge is 0.430 e. The lowest BCUT2D eigenvalue weighted by Gasteiger charge is -2.47. The summed E-state index contributed by atoms with van der Waals surface area (Å²) in [5, 5.41) is 0. The van der Waals surface area contributed by atoms with E-state index in [0.717, 1.165) is 17.8 Å². The molecule has 0 saturated heterocycles. The second-order valence-electron chi connectivity index (χ2n) is 7.24. The zero-order valence-electron chi connectivity index (χ0n) is 13.8. The van der Waals surface area contributed by atoms with Crippen molar-refractivity contribution in [2.45, 2.75) is 67.8 Å². The first-order valence-corrected chi connectivity index (χ1v) is 8.00. The van der Waals surface area contributed by atoms with Gasteiger partial charge in [0.05, 0.1) is 0 Å². The molecule has 0 aromatic heterocycles. The lowest BCUT2D eigenvalue weighted by molar-refractivity contribution is -0.402. The van der Waals surface area contributed by atoms with Crippen molar-refractivity contribution in [2.75, 3.05) is 0 Å². The van der Waals surface area contributed by atoms with E-state index in [1.807, 2.05) is 0 Å². The molecule has 136 valence electrons. The molecule has 1 aromatic carbocycles. The smallest absolute Gasteiger partial charge is 0.336 e. The number of hydrogen-bond donors (Lipinski definition) is 0. The molecule has 0 aliphatic carbocycles. The highest BCUT2D eigenvalue weighted by Gasteiger charge is 2.76. The first-order valence-electron chi connectivity index (χ1n) is 7.19. The van der Waals surface area contributed by atoms with Crippen molar-refractivity contribution in [3.63, 3.8) is 0 Å². The summed E-state index contributed by atoms with van der Waals surface area (Å²) in [7, 11) is 0. The van der Waals surface area contributed by atoms with E-state index in [9.17, 15) is 26.3 Å². The molecule has 0 N–H and O–H groups in total. The molecule has 24 heavy (non-hydrogen) atoms. The molecule has 0 fully saturated rings. The highest BCUT2D eigenvalue weighted by Crippen LogP contribution is 2.61. The van der Waals surface area contributed by atoms with Gasteiger partial charge >= 0.3 is 12.4 Å². The molecule has 0 radical (unpaired) electrons. The summed E-state index contributed by atoms with van der Waals surface area (Å²) in [6.45, 7) is 7.56. The fraction of sp³-hybridized carbons (Fsp3) is 0.625. The van der Waals surface area contributed by atoms with Crippen molar-refractivity contribution in [2.24, 2.45) is 0 Å². The maximum Gasteiger partial charge on any atom is 0.430 e. The Morgan fingerprint density at radius 3 is 1.83 bits per heavy atom. The van der Waals surface area contributed by atoms with E-state index in [1.165, 1.54) is 19.9 Å². The number of fused-ring (bicyclic) bond motifs is 1. The molecule has 0 saturated carbocycles. The fourth-order valence-electron chi connectivity index (χ4n) is 2.65. The van der Waals surface area contributed by atoms with Crippen LogP contribution in [0.2, 0.25) is 0 Å². The van der Waals surface area contributed by atoms with Gasteiger partial charge in [-0.2, -0.15) is 26.3 Å². The molecular weight excluding hydrogens is 354 g/mol. The third-order valence-corrected chi connectivity index (χ3v) is 4.93. The van der Waals surface area contributed by atoms with Gasteiger partial charge in [0.15, 0.2) is 0 Å². The Kier molecular flexibility index (Phi) is 4.29. The van der Waals surface area contributed by atoms with Crippen LogP contribution in [0.15, 0.2) is 23.1 Å². The van der Waals surface area contributed by atoms with Gasteiger partial charge < -0.3 is 4.74 Å². The number of hydrogen-bond acceptors (Lipinski definition) is 2. The Morgan fingerprint density at radius 1 is 0.917 bits per heavy atom. The summed E-state index contributed by atoms with van der Waals surface area (Å²) >= 11 is 0.846. The summed E-state index contributed by atoms with van der Waals surface area (Å²) in [6.07, 6.45) is -11.3. The minimum Gasteiger partial charge on any atom is -0.336 e. The second kappa shape index (κ2) is 5.30. The molecule has 1 aliphatic heterocycles. The SMILES string of the molecule is CC1(C)OC(C(F)(F)F)(C(F)(F)F)c2cc(C(C)(C)C)ccc2S1. The Hall–Kier alpha value is -0.890. The van der Waals surface area contributed by atoms with Gasteiger partial charge in [0.1, 0.15) is 4.93 Å². The molecule has 1 heterocycles. The number of halogens is 6. The van der Waals surface area contributed by atoms with Gasteiger partial charge in [-0.1, -0.05) is 44.7 Å². The molecule has 0 atom stereocenters. The zero-order valence-corrected chi connectivity index (χ0v) is 14.6. The van der Waals surface area contributed by atoms with E-state index in [2.05, 4.69) is 0 Å². The van der Waals surface area contributed by atoms with Crippen LogP contribution in [0.4, 0.5) is 26.3 Å². The van der Waals surface area contributed by atoms with Crippen LogP contribution in [-0.2, 0) is 15.8 Å². The molecule has 0 unspecified atom stereocenters. The van der Waals surface area contributed by atoms with Gasteiger partial charge in [-0.15, -0.1) is 0 Å². The second-order valence-corrected chi connectivity index (χ2v) is 8.87. The van der Waals surface area contributed by atoms with Crippen LogP contribution in [0.1, 0.15) is 45.7 Å². The van der Waals surface area contributed by atoms with E-state index in [0.29, 0.717) is 5.56 Å². The maximum atomic E-state index is 13.7. The molecule has 1 nitrogen and oxygen atoms in total. The molecular formula is C16H18F6OS. The number of rotatable bonds is 0. The van der Waals surface area contributed by atoms with E-state index in [4.69, 9.17) is 4.74 Å². The lowest BCUT2D eigenvalue weighted by Crippen LogP contribution is -2.60. The Morgan fingerprint density at radius 2 is 1.42 bits per heavy atom. The first-order chi connectivity index (χ1) is 10.5. The molecule has 0 bridgehead atoms. The van der Waals surface area contributed by atoms with Gasteiger partial charge in [-0.3, -0.25) is 0 Å². The standard InChI is InChI=1S/C16H18F6OS/c1-12(2,3)9-6-7-11-10(8-9)14(15(17,18)19,16(20,21)22)23-13(4,5)24-11/h6-8H,1-5H3. The monoisotopic (exact) mass is 372 g/mol. The molecule has 0 amide bonds. The molecule has 8 heteroatoms. The zero-order chi connectivity index (χ0) is 18.8. The van der Waals surface area contributed by atoms with Crippen molar-refractivity contribution in [3.8, 4) is 0 Å². The highest BCUT2D eigenvalue weighted by atomic mass is 32.2. The van der Waals surface area contributed by atoms with Gasteiger partial charge in [-0.05, 0) is 30.9 Å². The van der Waals surface area contributed by atoms with Crippen LogP contribution in [0.3, 0.4) is 0 Å². The number of alkyl halides is 6. The van der Waals surface area contributed by atoms with Crippen LogP contribution in [-0.4, -0.2) is 17.3 Å². The van der Waals surface area contributed by atoms with E-state index in [1.54, 1.807) is 26.8 Å². The van der Waals surface area contributed by atoms with Crippen LogP contribution < -0.4 is 0 Å². The van der Waals surface area contributed by atoms with Crippen molar-refractivity contribution < 1.29 is 31.1 Å². The number of thioether (sulfide) groups is 1. The minimum atomic E-state index is -5.64. The van der Waals surface area contributed by atoms with Gasteiger partial charge in [0.2, 0.25) is 0 Å². The number of ether oxygens (including phenoxy) is 1. The van der Waals surface area contributed by atoms with Crippen molar-refractivity contribution in [1.29, 1.82) is 0 Å². The van der Waals surface area contributed by atoms with Gasteiger partial charge in [0, 0.05) is 10.5 Å². The lowest BCUT2D eigenvalue weighted by atomic mass is 9.82. The molecule has 1 aliphatic rings. The van der Waals surface area contributed by atoms with Gasteiger partial charge in [0.25, 0.3) is 5.60 Å². The summed E-state index contributed by atoms with van der Waals surface area (Å²) in [5.74, 6) is 0. The fourth-order valence-corrected chi connectivity index (χ4v) is 3.80. The first kappa shape index (κ1) is 19.4. The van der Waals surface area contributed by atoms with Crippen LogP contribution in [0.25, 0.3) is 0 Å². The maximum absolute atomic E-state index is 13.7. The highest BCUT2D eigenvalue weighted by molar-refractivity contribution is 8.00. The van der Waals surface area contributed by atoms with Crippen LogP contribution in [0.5, 0.6) is 0 Å². The number of benzene rings is 1. The summed E-state index contributed by atoms with van der Waals surface area (Å²) < 4.78 is 86.8.